The summed E-state index contributed by atoms with van der Waals surface area (Å²) < 4.78 is 6.49. The maximum atomic E-state index is 12.2. The van der Waals surface area contributed by atoms with E-state index in [-0.39, 0.29) is 5.91 Å². The van der Waals surface area contributed by atoms with Gasteiger partial charge in [0.05, 0.1) is 12.2 Å². The maximum absolute atomic E-state index is 12.2. The second-order valence-corrected chi connectivity index (χ2v) is 6.61. The summed E-state index contributed by atoms with van der Waals surface area (Å²) in [4.78, 5) is 14.1. The second-order valence-electron chi connectivity index (χ2n) is 5.44. The summed E-state index contributed by atoms with van der Waals surface area (Å²) in [6, 6.07) is 15.6. The van der Waals surface area contributed by atoms with Crippen molar-refractivity contribution >= 4 is 34.2 Å². The molecule has 2 rings (SSSR count). The molecule has 0 spiro atoms. The summed E-state index contributed by atoms with van der Waals surface area (Å²) in [6.07, 6.45) is 1.72. The molecule has 126 valence electrons. The van der Waals surface area contributed by atoms with Gasteiger partial charge in [0.15, 0.2) is 0 Å². The Hall–Kier alpha value is -1.86. The average Bonchev–Trinajstić information content (AvgIpc) is 2.56. The van der Waals surface area contributed by atoms with Crippen molar-refractivity contribution in [3.05, 3.63) is 70.3 Å². The molecule has 24 heavy (non-hydrogen) atoms. The van der Waals surface area contributed by atoms with Gasteiger partial charge in [0, 0.05) is 10.1 Å². The van der Waals surface area contributed by atoms with E-state index in [2.05, 4.69) is 34.5 Å². The first-order valence-corrected chi connectivity index (χ1v) is 8.72. The monoisotopic (exact) mass is 436 g/mol. The smallest absolute Gasteiger partial charge is 0.238 e. The third kappa shape index (κ3) is 5.98. The van der Waals surface area contributed by atoms with Crippen LogP contribution in [-0.2, 0) is 11.3 Å². The Kier molecular flexibility index (Phi) is 7.27. The molecule has 0 aliphatic rings. The molecule has 2 aromatic rings. The summed E-state index contributed by atoms with van der Waals surface area (Å²) in [5.74, 6) is 0.797. The molecular weight excluding hydrogens is 415 g/mol. The fourth-order valence-corrected chi connectivity index (χ4v) is 2.73. The number of benzene rings is 2. The van der Waals surface area contributed by atoms with Crippen LogP contribution in [0.4, 0.5) is 5.69 Å². The highest BCUT2D eigenvalue weighted by atomic mass is 127. The van der Waals surface area contributed by atoms with E-state index in [1.807, 2.05) is 60.5 Å². The quantitative estimate of drug-likeness (QED) is 0.504. The molecule has 0 atom stereocenters. The summed E-state index contributed by atoms with van der Waals surface area (Å²) in [5.41, 5.74) is 1.98. The molecular formula is C19H21IN2O2. The average molecular weight is 436 g/mol. The summed E-state index contributed by atoms with van der Waals surface area (Å²) in [5, 5.41) is 2.94. The lowest BCUT2D eigenvalue weighted by atomic mass is 10.2. The Morgan fingerprint density at radius 1 is 1.25 bits per heavy atom. The Bertz CT molecular complexity index is 686. The van der Waals surface area contributed by atoms with Crippen LogP contribution in [0.2, 0.25) is 0 Å². The number of halogens is 1. The van der Waals surface area contributed by atoms with Crippen LogP contribution in [0.15, 0.2) is 61.2 Å². The molecule has 0 aliphatic heterocycles. The molecule has 0 fully saturated rings. The van der Waals surface area contributed by atoms with E-state index in [1.165, 1.54) is 0 Å². The molecule has 0 heterocycles. The zero-order chi connectivity index (χ0) is 17.4. The minimum Gasteiger partial charge on any atom is -0.490 e. The predicted octanol–water partition coefficient (Wildman–Crippen LogP) is 3.93. The lowest BCUT2D eigenvalue weighted by Crippen LogP contribution is -2.30. The minimum atomic E-state index is -0.0208. The molecule has 0 saturated carbocycles. The summed E-state index contributed by atoms with van der Waals surface area (Å²) in [6.45, 7) is 5.15. The van der Waals surface area contributed by atoms with Crippen LogP contribution in [0, 0.1) is 3.57 Å². The number of carbonyl (C=O) groups excluding carboxylic acids is 1. The zero-order valence-electron chi connectivity index (χ0n) is 13.7. The van der Waals surface area contributed by atoms with Gasteiger partial charge in [0.1, 0.15) is 12.4 Å². The first-order chi connectivity index (χ1) is 11.6. The van der Waals surface area contributed by atoms with Gasteiger partial charge >= 0.3 is 0 Å². The highest BCUT2D eigenvalue weighted by molar-refractivity contribution is 14.1. The predicted molar refractivity (Wildman–Crippen MR) is 106 cm³/mol. The molecule has 4 nitrogen and oxygen atoms in total. The number of hydrogen-bond acceptors (Lipinski definition) is 3. The SMILES string of the molecule is C=CCOc1ccc(CN(C)CC(=O)Nc2ccccc2I)cc1. The van der Waals surface area contributed by atoms with Crippen LogP contribution < -0.4 is 10.1 Å². The Balaban J connectivity index is 1.84. The molecule has 0 aromatic heterocycles. The number of nitrogens with zero attached hydrogens (tertiary/aromatic N) is 1. The van der Waals surface area contributed by atoms with Gasteiger partial charge in [-0.05, 0) is 59.5 Å². The van der Waals surface area contributed by atoms with Crippen LogP contribution in [0.1, 0.15) is 5.56 Å². The van der Waals surface area contributed by atoms with Gasteiger partial charge < -0.3 is 10.1 Å². The molecule has 1 amide bonds. The third-order valence-electron chi connectivity index (χ3n) is 3.31. The van der Waals surface area contributed by atoms with Crippen molar-refractivity contribution in [3.8, 4) is 5.75 Å². The highest BCUT2D eigenvalue weighted by Gasteiger charge is 2.09. The van der Waals surface area contributed by atoms with Gasteiger partial charge in [-0.1, -0.05) is 36.9 Å². The van der Waals surface area contributed by atoms with Crippen molar-refractivity contribution in [2.45, 2.75) is 6.54 Å². The van der Waals surface area contributed by atoms with Crippen LogP contribution in [0.3, 0.4) is 0 Å². The number of nitrogens with one attached hydrogen (secondary N) is 1. The zero-order valence-corrected chi connectivity index (χ0v) is 15.8. The first kappa shape index (κ1) is 18.5. The molecule has 5 heteroatoms. The van der Waals surface area contributed by atoms with Crippen LogP contribution >= 0.6 is 22.6 Å². The van der Waals surface area contributed by atoms with Crippen LogP contribution in [0.5, 0.6) is 5.75 Å². The van der Waals surface area contributed by atoms with Crippen molar-refractivity contribution in [2.75, 3.05) is 25.5 Å². The molecule has 0 bridgehead atoms. The molecule has 0 unspecified atom stereocenters. The first-order valence-electron chi connectivity index (χ1n) is 7.64. The lowest BCUT2D eigenvalue weighted by Gasteiger charge is -2.17. The van der Waals surface area contributed by atoms with E-state index in [9.17, 15) is 4.79 Å². The number of amides is 1. The Morgan fingerprint density at radius 3 is 2.62 bits per heavy atom. The van der Waals surface area contributed by atoms with Crippen molar-refractivity contribution in [2.24, 2.45) is 0 Å². The minimum absolute atomic E-state index is 0.0208. The lowest BCUT2D eigenvalue weighted by molar-refractivity contribution is -0.117. The Labute approximate surface area is 156 Å². The van der Waals surface area contributed by atoms with E-state index in [1.54, 1.807) is 6.08 Å². The number of carbonyl (C=O) groups is 1. The number of para-hydroxylation sites is 1. The number of rotatable bonds is 8. The largest absolute Gasteiger partial charge is 0.490 e. The number of anilines is 1. The summed E-state index contributed by atoms with van der Waals surface area (Å²) in [7, 11) is 1.93. The fraction of sp³-hybridized carbons (Fsp3) is 0.211. The van der Waals surface area contributed by atoms with Gasteiger partial charge in [-0.15, -0.1) is 0 Å². The highest BCUT2D eigenvalue weighted by Crippen LogP contribution is 2.17. The molecule has 1 N–H and O–H groups in total. The van der Waals surface area contributed by atoms with E-state index >= 15 is 0 Å². The second kappa shape index (κ2) is 9.44. The normalized spacial score (nSPS) is 10.5. The van der Waals surface area contributed by atoms with Gasteiger partial charge in [0.2, 0.25) is 5.91 Å². The number of hydrogen-bond donors (Lipinski definition) is 1. The fourth-order valence-electron chi connectivity index (χ4n) is 2.21. The van der Waals surface area contributed by atoms with Gasteiger partial charge in [-0.3, -0.25) is 9.69 Å². The van der Waals surface area contributed by atoms with E-state index in [0.717, 1.165) is 20.6 Å². The number of likely N-dealkylation sites (N-methyl/N-ethyl adjacent to an activating group) is 1. The van der Waals surface area contributed by atoms with Gasteiger partial charge in [0.25, 0.3) is 0 Å². The van der Waals surface area contributed by atoms with E-state index in [0.29, 0.717) is 19.7 Å². The van der Waals surface area contributed by atoms with Crippen molar-refractivity contribution in [1.29, 1.82) is 0 Å². The Morgan fingerprint density at radius 2 is 1.96 bits per heavy atom. The van der Waals surface area contributed by atoms with Crippen LogP contribution in [-0.4, -0.2) is 31.0 Å². The van der Waals surface area contributed by atoms with Crippen molar-refractivity contribution < 1.29 is 9.53 Å². The number of ether oxygens (including phenoxy) is 1. The standard InChI is InChI=1S/C19H21IN2O2/c1-3-12-24-16-10-8-15(9-11-16)13-22(2)14-19(23)21-18-7-5-4-6-17(18)20/h3-11H,1,12-14H2,2H3,(H,21,23). The van der Waals surface area contributed by atoms with Crippen molar-refractivity contribution in [3.63, 3.8) is 0 Å². The van der Waals surface area contributed by atoms with Gasteiger partial charge in [-0.2, -0.15) is 0 Å². The van der Waals surface area contributed by atoms with Crippen molar-refractivity contribution in [1.82, 2.24) is 4.90 Å². The molecule has 0 aliphatic carbocycles. The molecule has 2 aromatic carbocycles. The maximum Gasteiger partial charge on any atom is 0.238 e. The molecule has 0 saturated heterocycles. The van der Waals surface area contributed by atoms with Gasteiger partial charge in [-0.25, -0.2) is 0 Å². The molecule has 0 radical (unpaired) electrons. The topological polar surface area (TPSA) is 41.6 Å². The van der Waals surface area contributed by atoms with E-state index < -0.39 is 0 Å². The van der Waals surface area contributed by atoms with Crippen LogP contribution in [0.25, 0.3) is 0 Å². The summed E-state index contributed by atoms with van der Waals surface area (Å²) >= 11 is 2.21. The third-order valence-corrected chi connectivity index (χ3v) is 4.25. The van der Waals surface area contributed by atoms with E-state index in [4.69, 9.17) is 4.74 Å².